The third-order valence-electron chi connectivity index (χ3n) is 7.31. The van der Waals surface area contributed by atoms with E-state index in [1.54, 1.807) is 0 Å². The normalized spacial score (nSPS) is 45.5. The largest absolute Gasteiger partial charge is 0.431 e. The van der Waals surface area contributed by atoms with Crippen molar-refractivity contribution in [3.05, 3.63) is 21.8 Å². The third-order valence-corrected chi connectivity index (χ3v) is 7.31. The molecule has 1 saturated heterocycles. The lowest BCUT2D eigenvalue weighted by Gasteiger charge is -2.53. The summed E-state index contributed by atoms with van der Waals surface area (Å²) in [6.07, 6.45) is 8.38. The van der Waals surface area contributed by atoms with Crippen LogP contribution in [0.2, 0.25) is 0 Å². The van der Waals surface area contributed by atoms with Gasteiger partial charge in [-0.05, 0) is 73.3 Å². The number of allylic oxidation sites excluding steroid dienone is 2. The number of rotatable bonds is 1. The second-order valence-electron chi connectivity index (χ2n) is 8.46. The maximum atomic E-state index is 12.7. The van der Waals surface area contributed by atoms with Crippen LogP contribution in [-0.2, 0) is 9.53 Å². The topological polar surface area (TPSA) is 75.1 Å². The van der Waals surface area contributed by atoms with Crippen LogP contribution in [0.15, 0.2) is 16.4 Å². The summed E-state index contributed by atoms with van der Waals surface area (Å²) in [5, 5.41) is 3.87. The van der Waals surface area contributed by atoms with Crippen molar-refractivity contribution in [1.29, 1.82) is 0 Å². The average molecular weight is 315 g/mol. The Morgan fingerprint density at radius 2 is 2.04 bits per heavy atom. The van der Waals surface area contributed by atoms with Gasteiger partial charge in [-0.15, -0.1) is 0 Å². The van der Waals surface area contributed by atoms with E-state index >= 15 is 0 Å². The van der Waals surface area contributed by atoms with Crippen molar-refractivity contribution in [1.82, 2.24) is 0 Å². The Morgan fingerprint density at radius 1 is 1.22 bits per heavy atom. The maximum Gasteiger partial charge on any atom is 0.314 e. The number of ether oxygens (including phenoxy) is 1. The Labute approximate surface area is 137 Å². The number of fused-ring (bicyclic) bond motifs is 4. The van der Waals surface area contributed by atoms with Gasteiger partial charge in [-0.3, -0.25) is 4.79 Å². The van der Waals surface area contributed by atoms with Crippen LogP contribution >= 0.6 is 0 Å². The van der Waals surface area contributed by atoms with Gasteiger partial charge in [0.15, 0.2) is 0 Å². The second-order valence-corrected chi connectivity index (χ2v) is 8.46. The van der Waals surface area contributed by atoms with Gasteiger partial charge < -0.3 is 4.74 Å². The van der Waals surface area contributed by atoms with Crippen molar-refractivity contribution in [3.8, 4) is 0 Å². The lowest BCUT2D eigenvalue weighted by atomic mass is 9.54. The van der Waals surface area contributed by atoms with Crippen molar-refractivity contribution >= 4 is 5.97 Å². The number of hydrogen-bond acceptors (Lipinski definition) is 3. The van der Waals surface area contributed by atoms with Gasteiger partial charge in [-0.1, -0.05) is 19.0 Å². The van der Waals surface area contributed by atoms with Gasteiger partial charge >= 0.3 is 5.97 Å². The molecule has 0 bridgehead atoms. The van der Waals surface area contributed by atoms with E-state index in [-0.39, 0.29) is 28.8 Å². The first-order chi connectivity index (χ1) is 11.0. The van der Waals surface area contributed by atoms with Crippen LogP contribution in [0.4, 0.5) is 0 Å². The molecule has 1 aliphatic heterocycles. The fraction of sp³-hybridized carbons (Fsp3) is 0.833. The Morgan fingerprint density at radius 3 is 2.83 bits per heavy atom. The van der Waals surface area contributed by atoms with Gasteiger partial charge in [0.1, 0.15) is 5.76 Å². The molecule has 0 aromatic rings. The average Bonchev–Trinajstić information content (AvgIpc) is 2.91. The van der Waals surface area contributed by atoms with Crippen LogP contribution in [0.5, 0.6) is 0 Å². The summed E-state index contributed by atoms with van der Waals surface area (Å²) >= 11 is 0. The summed E-state index contributed by atoms with van der Waals surface area (Å²) < 4.78 is 5.94. The van der Waals surface area contributed by atoms with Crippen LogP contribution < -0.4 is 0 Å². The molecular weight excluding hydrogens is 290 g/mol. The van der Waals surface area contributed by atoms with Gasteiger partial charge in [-0.25, -0.2) is 0 Å². The van der Waals surface area contributed by atoms with Crippen LogP contribution in [-0.4, -0.2) is 12.0 Å². The molecule has 5 unspecified atom stereocenters. The number of carbonyl (C=O) groups is 1. The fourth-order valence-electron chi connectivity index (χ4n) is 5.82. The summed E-state index contributed by atoms with van der Waals surface area (Å²) in [6, 6.07) is -0.0554. The summed E-state index contributed by atoms with van der Waals surface area (Å²) in [5.74, 6) is 1.20. The van der Waals surface area contributed by atoms with Crippen LogP contribution in [0.25, 0.3) is 10.4 Å². The number of esters is 1. The Hall–Kier alpha value is -1.48. The predicted molar refractivity (Wildman–Crippen MR) is 86.2 cm³/mol. The Balaban J connectivity index is 1.73. The molecule has 1 heterocycles. The monoisotopic (exact) mass is 315 g/mol. The zero-order valence-corrected chi connectivity index (χ0v) is 14.0. The first kappa shape index (κ1) is 15.1. The Bertz CT molecular complexity index is 636. The second kappa shape index (κ2) is 5.01. The number of hydrogen-bond donors (Lipinski definition) is 0. The molecule has 4 aliphatic rings. The number of nitrogens with zero attached hydrogens (tertiary/aromatic N) is 3. The minimum atomic E-state index is -0.119. The molecule has 0 spiro atoms. The zero-order chi connectivity index (χ0) is 16.2. The lowest BCUT2D eigenvalue weighted by molar-refractivity contribution is -0.166. The standard InChI is InChI=1S/C18H25N3O2/c1-17-7-3-4-12(17)15-13(6-8-17)18(2)9-5-11(20-21-19)10-14(18)16(22)23-15/h11,13-14H,3-10H2,1-2H3. The number of azide groups is 1. The van der Waals surface area contributed by atoms with E-state index in [9.17, 15) is 4.79 Å². The summed E-state index contributed by atoms with van der Waals surface area (Å²) in [5.41, 5.74) is 10.4. The van der Waals surface area contributed by atoms with Crippen LogP contribution in [0, 0.1) is 22.7 Å². The Kier molecular flexibility index (Phi) is 3.28. The predicted octanol–water partition coefficient (Wildman–Crippen LogP) is 4.88. The minimum Gasteiger partial charge on any atom is -0.431 e. The van der Waals surface area contributed by atoms with E-state index in [2.05, 4.69) is 23.9 Å². The van der Waals surface area contributed by atoms with E-state index in [4.69, 9.17) is 10.3 Å². The summed E-state index contributed by atoms with van der Waals surface area (Å²) in [6.45, 7) is 4.62. The van der Waals surface area contributed by atoms with Gasteiger partial charge in [0.25, 0.3) is 0 Å². The lowest BCUT2D eigenvalue weighted by Crippen LogP contribution is -2.52. The van der Waals surface area contributed by atoms with E-state index in [1.807, 2.05) is 0 Å². The molecule has 5 heteroatoms. The fourth-order valence-corrected chi connectivity index (χ4v) is 5.82. The van der Waals surface area contributed by atoms with Crippen molar-refractivity contribution in [2.45, 2.75) is 71.3 Å². The first-order valence-corrected chi connectivity index (χ1v) is 8.97. The van der Waals surface area contributed by atoms with E-state index in [0.29, 0.717) is 12.3 Å². The molecule has 3 aliphatic carbocycles. The molecule has 2 saturated carbocycles. The minimum absolute atomic E-state index is 0.0247. The molecular formula is C18H25N3O2. The molecule has 124 valence electrons. The molecule has 3 fully saturated rings. The highest BCUT2D eigenvalue weighted by molar-refractivity contribution is 5.76. The van der Waals surface area contributed by atoms with Crippen molar-refractivity contribution in [2.24, 2.45) is 27.8 Å². The zero-order valence-electron chi connectivity index (χ0n) is 14.0. The molecule has 0 N–H and O–H groups in total. The third kappa shape index (κ3) is 2.06. The van der Waals surface area contributed by atoms with E-state index in [1.165, 1.54) is 24.8 Å². The maximum absolute atomic E-state index is 12.7. The highest BCUT2D eigenvalue weighted by Gasteiger charge is 2.57. The van der Waals surface area contributed by atoms with E-state index < -0.39 is 0 Å². The highest BCUT2D eigenvalue weighted by atomic mass is 16.5. The van der Waals surface area contributed by atoms with Crippen LogP contribution in [0.3, 0.4) is 0 Å². The summed E-state index contributed by atoms with van der Waals surface area (Å²) in [4.78, 5) is 15.7. The molecule has 23 heavy (non-hydrogen) atoms. The quantitative estimate of drug-likeness (QED) is 0.299. The molecule has 0 aromatic heterocycles. The summed E-state index contributed by atoms with van der Waals surface area (Å²) in [7, 11) is 0. The molecule has 0 aromatic carbocycles. The molecule has 0 radical (unpaired) electrons. The molecule has 4 rings (SSSR count). The van der Waals surface area contributed by atoms with Gasteiger partial charge in [-0.2, -0.15) is 0 Å². The first-order valence-electron chi connectivity index (χ1n) is 8.97. The molecule has 5 nitrogen and oxygen atoms in total. The van der Waals surface area contributed by atoms with Crippen molar-refractivity contribution in [2.75, 3.05) is 0 Å². The van der Waals surface area contributed by atoms with Crippen molar-refractivity contribution < 1.29 is 9.53 Å². The molecule has 0 amide bonds. The van der Waals surface area contributed by atoms with Gasteiger partial charge in [0.2, 0.25) is 0 Å². The smallest absolute Gasteiger partial charge is 0.314 e. The van der Waals surface area contributed by atoms with Crippen LogP contribution in [0.1, 0.15) is 65.2 Å². The van der Waals surface area contributed by atoms with Gasteiger partial charge in [0.05, 0.1) is 5.92 Å². The number of carbonyl (C=O) groups excluding carboxylic acids is 1. The van der Waals surface area contributed by atoms with Crippen molar-refractivity contribution in [3.63, 3.8) is 0 Å². The van der Waals surface area contributed by atoms with Gasteiger partial charge in [0, 0.05) is 16.9 Å². The van der Waals surface area contributed by atoms with E-state index in [0.717, 1.165) is 31.4 Å². The molecule has 5 atom stereocenters. The SMILES string of the molecule is CC12CCCC1=C1OC(=O)C3CC(N=[N+]=[N-])CCC3(C)C1CC2. The highest BCUT2D eigenvalue weighted by Crippen LogP contribution is 2.62.